The van der Waals surface area contributed by atoms with Gasteiger partial charge in [-0.25, -0.2) is 4.98 Å². The van der Waals surface area contributed by atoms with Crippen molar-refractivity contribution < 1.29 is 18.0 Å². The third-order valence-corrected chi connectivity index (χ3v) is 2.55. The van der Waals surface area contributed by atoms with Crippen molar-refractivity contribution in [3.05, 3.63) is 28.5 Å². The number of aryl methyl sites for hydroxylation is 1. The maximum atomic E-state index is 11.9. The van der Waals surface area contributed by atoms with Gasteiger partial charge in [-0.15, -0.1) is 0 Å². The summed E-state index contributed by atoms with van der Waals surface area (Å²) in [5.74, 6) is -0.362. The molecule has 0 aliphatic carbocycles. The maximum Gasteiger partial charge on any atom is 0.389 e. The number of hydrogen-bond donors (Lipinski definition) is 1. The summed E-state index contributed by atoms with van der Waals surface area (Å²) in [6.07, 6.45) is -4.69. The van der Waals surface area contributed by atoms with Crippen molar-refractivity contribution in [2.45, 2.75) is 32.4 Å². The number of amides is 1. The fraction of sp³-hybridized carbons (Fsp3) is 0.500. The summed E-state index contributed by atoms with van der Waals surface area (Å²) in [7, 11) is 0. The molecule has 0 atom stereocenters. The maximum absolute atomic E-state index is 11.9. The summed E-state index contributed by atoms with van der Waals surface area (Å²) in [5, 5.41) is 2.76. The van der Waals surface area contributed by atoms with Crippen LogP contribution in [0.5, 0.6) is 0 Å². The first-order chi connectivity index (χ1) is 8.78. The molecule has 1 N–H and O–H groups in total. The largest absolute Gasteiger partial charge is 0.389 e. The zero-order valence-corrected chi connectivity index (χ0v) is 11.1. The predicted octanol–water partition coefficient (Wildman–Crippen LogP) is 3.51. The molecule has 0 spiro atoms. The lowest BCUT2D eigenvalue weighted by molar-refractivity contribution is -0.135. The number of rotatable bonds is 5. The molecule has 0 radical (unpaired) electrons. The van der Waals surface area contributed by atoms with E-state index in [-0.39, 0.29) is 30.4 Å². The van der Waals surface area contributed by atoms with Gasteiger partial charge in [0, 0.05) is 24.2 Å². The Morgan fingerprint density at radius 3 is 2.63 bits per heavy atom. The van der Waals surface area contributed by atoms with Crippen LogP contribution in [0.3, 0.4) is 0 Å². The van der Waals surface area contributed by atoms with Crippen LogP contribution in [0.15, 0.2) is 12.1 Å². The molecular weight excluding hydrogens is 281 g/mol. The average molecular weight is 295 g/mol. The van der Waals surface area contributed by atoms with Crippen molar-refractivity contribution in [2.24, 2.45) is 0 Å². The van der Waals surface area contributed by atoms with Gasteiger partial charge in [0.2, 0.25) is 0 Å². The number of unbranched alkanes of at least 4 members (excludes halogenated alkanes) is 1. The van der Waals surface area contributed by atoms with Gasteiger partial charge < -0.3 is 5.32 Å². The van der Waals surface area contributed by atoms with Gasteiger partial charge in [0.1, 0.15) is 5.15 Å². The second-order valence-corrected chi connectivity index (χ2v) is 4.54. The Balaban J connectivity index is 2.35. The number of nitrogens with one attached hydrogen (secondary N) is 1. The molecule has 0 saturated heterocycles. The molecular formula is C12H14ClF3N2O. The highest BCUT2D eigenvalue weighted by Gasteiger charge is 2.25. The van der Waals surface area contributed by atoms with Crippen LogP contribution in [-0.4, -0.2) is 23.6 Å². The van der Waals surface area contributed by atoms with Gasteiger partial charge >= 0.3 is 6.18 Å². The summed E-state index contributed by atoms with van der Waals surface area (Å²) < 4.78 is 35.7. The fourth-order valence-electron chi connectivity index (χ4n) is 1.51. The van der Waals surface area contributed by atoms with Crippen LogP contribution in [0, 0.1) is 6.92 Å². The van der Waals surface area contributed by atoms with Crippen LogP contribution in [0.2, 0.25) is 5.15 Å². The molecule has 19 heavy (non-hydrogen) atoms. The van der Waals surface area contributed by atoms with Crippen LogP contribution >= 0.6 is 11.6 Å². The van der Waals surface area contributed by atoms with Gasteiger partial charge in [-0.2, -0.15) is 13.2 Å². The molecule has 3 nitrogen and oxygen atoms in total. The average Bonchev–Trinajstić information content (AvgIpc) is 2.25. The van der Waals surface area contributed by atoms with Gasteiger partial charge in [-0.3, -0.25) is 4.79 Å². The van der Waals surface area contributed by atoms with Crippen molar-refractivity contribution in [3.8, 4) is 0 Å². The second kappa shape index (κ2) is 6.75. The molecule has 0 aromatic carbocycles. The minimum atomic E-state index is -4.14. The molecule has 1 amide bonds. The fourth-order valence-corrected chi connectivity index (χ4v) is 1.76. The standard InChI is InChI=1S/C12H14ClF3N2O/c1-8-6-9(7-10(13)18-8)11(19)17-5-3-2-4-12(14,15)16/h6-7H,2-5H2,1H3,(H,17,19). The summed E-state index contributed by atoms with van der Waals surface area (Å²) in [6.45, 7) is 1.90. The van der Waals surface area contributed by atoms with E-state index in [1.807, 2.05) is 0 Å². The normalized spacial score (nSPS) is 11.4. The van der Waals surface area contributed by atoms with Gasteiger partial charge in [-0.1, -0.05) is 11.6 Å². The minimum absolute atomic E-state index is 0.0000901. The topological polar surface area (TPSA) is 42.0 Å². The Labute approximate surface area is 114 Å². The van der Waals surface area contributed by atoms with Crippen LogP contribution in [0.1, 0.15) is 35.3 Å². The Morgan fingerprint density at radius 2 is 2.05 bits per heavy atom. The van der Waals surface area contributed by atoms with E-state index in [2.05, 4.69) is 10.3 Å². The van der Waals surface area contributed by atoms with Gasteiger partial charge in [-0.05, 0) is 31.9 Å². The molecule has 106 valence electrons. The van der Waals surface area contributed by atoms with E-state index < -0.39 is 12.6 Å². The summed E-state index contributed by atoms with van der Waals surface area (Å²) in [6, 6.07) is 2.98. The molecule has 1 heterocycles. The van der Waals surface area contributed by atoms with E-state index in [1.165, 1.54) is 6.07 Å². The summed E-state index contributed by atoms with van der Waals surface area (Å²) in [5.41, 5.74) is 0.961. The van der Waals surface area contributed by atoms with Gasteiger partial charge in [0.15, 0.2) is 0 Å². The number of carbonyl (C=O) groups is 1. The number of nitrogens with zero attached hydrogens (tertiary/aromatic N) is 1. The molecule has 7 heteroatoms. The molecule has 1 aromatic rings. The molecule has 0 aliphatic rings. The highest BCUT2D eigenvalue weighted by Crippen LogP contribution is 2.21. The predicted molar refractivity (Wildman–Crippen MR) is 66.2 cm³/mol. The number of aromatic nitrogens is 1. The third kappa shape index (κ3) is 6.42. The van der Waals surface area contributed by atoms with Gasteiger partial charge in [0.25, 0.3) is 5.91 Å². The smallest absolute Gasteiger partial charge is 0.352 e. The van der Waals surface area contributed by atoms with Crippen molar-refractivity contribution in [1.82, 2.24) is 10.3 Å². The van der Waals surface area contributed by atoms with E-state index in [0.29, 0.717) is 11.3 Å². The van der Waals surface area contributed by atoms with Crippen molar-refractivity contribution in [3.63, 3.8) is 0 Å². The zero-order chi connectivity index (χ0) is 14.5. The SMILES string of the molecule is Cc1cc(C(=O)NCCCCC(F)(F)F)cc(Cl)n1. The van der Waals surface area contributed by atoms with Crippen LogP contribution in [0.25, 0.3) is 0 Å². The number of alkyl halides is 3. The van der Waals surface area contributed by atoms with Crippen molar-refractivity contribution in [2.75, 3.05) is 6.54 Å². The van der Waals surface area contributed by atoms with E-state index in [0.717, 1.165) is 0 Å². The number of carbonyl (C=O) groups excluding carboxylic acids is 1. The van der Waals surface area contributed by atoms with E-state index in [9.17, 15) is 18.0 Å². The zero-order valence-electron chi connectivity index (χ0n) is 10.4. The Hall–Kier alpha value is -1.30. The third-order valence-electron chi connectivity index (χ3n) is 2.36. The van der Waals surface area contributed by atoms with Crippen LogP contribution < -0.4 is 5.32 Å². The molecule has 0 unspecified atom stereocenters. The highest BCUT2D eigenvalue weighted by atomic mass is 35.5. The minimum Gasteiger partial charge on any atom is -0.352 e. The first-order valence-electron chi connectivity index (χ1n) is 5.77. The number of pyridine rings is 1. The Bertz CT molecular complexity index is 429. The van der Waals surface area contributed by atoms with Crippen LogP contribution in [0.4, 0.5) is 13.2 Å². The van der Waals surface area contributed by atoms with Crippen molar-refractivity contribution >= 4 is 17.5 Å². The lowest BCUT2D eigenvalue weighted by Crippen LogP contribution is -2.25. The molecule has 0 bridgehead atoms. The Morgan fingerprint density at radius 1 is 1.37 bits per heavy atom. The monoisotopic (exact) mass is 294 g/mol. The highest BCUT2D eigenvalue weighted by molar-refractivity contribution is 6.29. The number of halogens is 4. The second-order valence-electron chi connectivity index (χ2n) is 4.15. The van der Waals surface area contributed by atoms with Crippen LogP contribution in [-0.2, 0) is 0 Å². The lowest BCUT2D eigenvalue weighted by Gasteiger charge is -2.07. The van der Waals surface area contributed by atoms with Crippen molar-refractivity contribution in [1.29, 1.82) is 0 Å². The first kappa shape index (κ1) is 15.8. The molecule has 0 aliphatic heterocycles. The molecule has 1 rings (SSSR count). The Kier molecular flexibility index (Phi) is 5.60. The quantitative estimate of drug-likeness (QED) is 0.667. The van der Waals surface area contributed by atoms with E-state index in [1.54, 1.807) is 13.0 Å². The molecule has 1 aromatic heterocycles. The van der Waals surface area contributed by atoms with E-state index >= 15 is 0 Å². The van der Waals surface area contributed by atoms with E-state index in [4.69, 9.17) is 11.6 Å². The molecule has 0 fully saturated rings. The lowest BCUT2D eigenvalue weighted by atomic mass is 10.2. The van der Waals surface area contributed by atoms with Gasteiger partial charge in [0.05, 0.1) is 0 Å². The first-order valence-corrected chi connectivity index (χ1v) is 6.15. The molecule has 0 saturated carbocycles. The summed E-state index contributed by atoms with van der Waals surface area (Å²) >= 11 is 5.71. The summed E-state index contributed by atoms with van der Waals surface area (Å²) in [4.78, 5) is 15.6. The number of hydrogen-bond acceptors (Lipinski definition) is 2.